The molecule has 0 spiro atoms. The molecule has 0 aromatic heterocycles. The Balaban J connectivity index is 1.76. The lowest BCUT2D eigenvalue weighted by molar-refractivity contribution is -0.134. The third-order valence-corrected chi connectivity index (χ3v) is 9.94. The lowest BCUT2D eigenvalue weighted by Gasteiger charge is -2.60. The normalized spacial score (nSPS) is 43.8. The number of fused-ring (bicyclic) bond motifs is 5. The Kier molecular flexibility index (Phi) is 5.58. The first kappa shape index (κ1) is 21.3. The number of rotatable bonds is 4. The van der Waals surface area contributed by atoms with Crippen LogP contribution < -0.4 is 0 Å². The number of thioether (sulfide) groups is 1. The second kappa shape index (κ2) is 7.61. The quantitative estimate of drug-likeness (QED) is 0.727. The van der Waals surface area contributed by atoms with Gasteiger partial charge in [0.2, 0.25) is 0 Å². The van der Waals surface area contributed by atoms with Crippen molar-refractivity contribution in [2.75, 3.05) is 13.2 Å². The predicted octanol–water partition coefficient (Wildman–Crippen LogP) is 2.93. The Bertz CT molecular complexity index is 760. The molecule has 0 bridgehead atoms. The fourth-order valence-electron chi connectivity index (χ4n) is 7.58. The van der Waals surface area contributed by atoms with E-state index in [-0.39, 0.29) is 57.1 Å². The first-order valence-corrected chi connectivity index (χ1v) is 11.8. The van der Waals surface area contributed by atoms with Gasteiger partial charge in [0, 0.05) is 29.9 Å². The maximum atomic E-state index is 12.5. The van der Waals surface area contributed by atoms with Crippen molar-refractivity contribution in [3.63, 3.8) is 0 Å². The van der Waals surface area contributed by atoms with Gasteiger partial charge in [0.1, 0.15) is 6.61 Å². The number of aliphatic hydroxyl groups is 2. The van der Waals surface area contributed by atoms with Crippen molar-refractivity contribution in [1.82, 2.24) is 0 Å². The molecule has 0 saturated heterocycles. The van der Waals surface area contributed by atoms with Crippen LogP contribution in [-0.4, -0.2) is 45.4 Å². The Morgan fingerprint density at radius 3 is 2.59 bits per heavy atom. The Hall–Kier alpha value is -0.980. The lowest BCUT2D eigenvalue weighted by Crippen LogP contribution is -2.57. The molecule has 3 fully saturated rings. The predicted molar refractivity (Wildman–Crippen MR) is 111 cm³/mol. The van der Waals surface area contributed by atoms with E-state index in [0.29, 0.717) is 25.2 Å². The van der Waals surface area contributed by atoms with E-state index < -0.39 is 6.61 Å². The molecule has 4 rings (SSSR count). The van der Waals surface area contributed by atoms with E-state index in [0.717, 1.165) is 31.3 Å². The Morgan fingerprint density at radius 1 is 1.17 bits per heavy atom. The molecule has 160 valence electrons. The van der Waals surface area contributed by atoms with Gasteiger partial charge in [-0.3, -0.25) is 14.4 Å². The van der Waals surface area contributed by atoms with Crippen LogP contribution in [0.3, 0.4) is 0 Å². The fourth-order valence-corrected chi connectivity index (χ4v) is 8.81. The summed E-state index contributed by atoms with van der Waals surface area (Å²) in [4.78, 5) is 36.7. The minimum absolute atomic E-state index is 0.0488. The van der Waals surface area contributed by atoms with Crippen LogP contribution in [0.25, 0.3) is 0 Å². The molecule has 0 unspecified atom stereocenters. The van der Waals surface area contributed by atoms with Crippen LogP contribution in [0.1, 0.15) is 58.8 Å². The molecular formula is C23H32O5S. The molecule has 6 heteroatoms. The summed E-state index contributed by atoms with van der Waals surface area (Å²) >= 11 is 1.38. The summed E-state index contributed by atoms with van der Waals surface area (Å²) < 4.78 is 0. The lowest BCUT2D eigenvalue weighted by atomic mass is 9.46. The van der Waals surface area contributed by atoms with E-state index in [1.807, 2.05) is 0 Å². The van der Waals surface area contributed by atoms with E-state index >= 15 is 0 Å². The van der Waals surface area contributed by atoms with Gasteiger partial charge in [0.25, 0.3) is 0 Å². The topological polar surface area (TPSA) is 91.7 Å². The molecule has 4 aliphatic rings. The third-order valence-electron chi connectivity index (χ3n) is 8.83. The number of Topliss-reactive ketones (excluding diaryl/α,β-unsaturated/α-hetero) is 1. The van der Waals surface area contributed by atoms with Crippen molar-refractivity contribution in [3.8, 4) is 0 Å². The Morgan fingerprint density at radius 2 is 1.93 bits per heavy atom. The van der Waals surface area contributed by atoms with E-state index in [1.165, 1.54) is 11.8 Å². The van der Waals surface area contributed by atoms with Gasteiger partial charge >= 0.3 is 0 Å². The first-order chi connectivity index (χ1) is 13.8. The molecule has 0 aromatic rings. The number of hydrogen-bond acceptors (Lipinski definition) is 6. The number of carbonyl (C=O) groups excluding carboxylic acids is 3. The van der Waals surface area contributed by atoms with Crippen LogP contribution >= 0.6 is 11.8 Å². The summed E-state index contributed by atoms with van der Waals surface area (Å²) in [5, 5.41) is 20.2. The summed E-state index contributed by atoms with van der Waals surface area (Å²) in [5.74, 6) is 0.748. The van der Waals surface area contributed by atoms with Crippen LogP contribution in [0.2, 0.25) is 0 Å². The molecular weight excluding hydrogens is 388 g/mol. The number of hydrogen-bond donors (Lipinski definition) is 2. The van der Waals surface area contributed by atoms with Gasteiger partial charge in [-0.05, 0) is 67.8 Å². The zero-order chi connectivity index (χ0) is 21.0. The second-order valence-corrected chi connectivity index (χ2v) is 11.3. The molecule has 0 aliphatic heterocycles. The summed E-state index contributed by atoms with van der Waals surface area (Å²) in [7, 11) is 0. The maximum absolute atomic E-state index is 12.5. The number of carbonyl (C=O) groups is 3. The Labute approximate surface area is 176 Å². The van der Waals surface area contributed by atoms with Gasteiger partial charge < -0.3 is 10.2 Å². The zero-order valence-corrected chi connectivity index (χ0v) is 18.2. The molecule has 5 nitrogen and oxygen atoms in total. The summed E-state index contributed by atoms with van der Waals surface area (Å²) in [6, 6.07) is 0. The average Bonchev–Trinajstić information content (AvgIpc) is 3.04. The van der Waals surface area contributed by atoms with Gasteiger partial charge in [0.15, 0.2) is 16.7 Å². The smallest absolute Gasteiger partial charge is 0.186 e. The summed E-state index contributed by atoms with van der Waals surface area (Å²) in [5.41, 5.74) is 0.534. The molecule has 0 heterocycles. The van der Waals surface area contributed by atoms with Crippen molar-refractivity contribution >= 4 is 28.4 Å². The molecule has 7 atom stereocenters. The van der Waals surface area contributed by atoms with Gasteiger partial charge in [-0.1, -0.05) is 24.3 Å². The molecule has 4 aliphatic carbocycles. The van der Waals surface area contributed by atoms with Crippen molar-refractivity contribution < 1.29 is 24.6 Å². The number of aliphatic hydroxyl groups excluding tert-OH is 2. The summed E-state index contributed by atoms with van der Waals surface area (Å²) in [6.07, 6.45) is 7.12. The highest BCUT2D eigenvalue weighted by Gasteiger charge is 2.63. The molecule has 3 saturated carbocycles. The monoisotopic (exact) mass is 420 g/mol. The fraction of sp³-hybridized carbons (Fsp3) is 0.783. The van der Waals surface area contributed by atoms with Crippen LogP contribution in [-0.2, 0) is 14.4 Å². The van der Waals surface area contributed by atoms with Crippen molar-refractivity contribution in [1.29, 1.82) is 0 Å². The van der Waals surface area contributed by atoms with E-state index in [4.69, 9.17) is 0 Å². The van der Waals surface area contributed by atoms with Crippen molar-refractivity contribution in [2.24, 2.45) is 34.5 Å². The number of ketones is 2. The van der Waals surface area contributed by atoms with Crippen LogP contribution in [0, 0.1) is 34.5 Å². The highest BCUT2D eigenvalue weighted by atomic mass is 32.2. The molecule has 0 aromatic carbocycles. The van der Waals surface area contributed by atoms with Crippen molar-refractivity contribution in [2.45, 2.75) is 64.0 Å². The van der Waals surface area contributed by atoms with Crippen molar-refractivity contribution in [3.05, 3.63) is 11.6 Å². The van der Waals surface area contributed by atoms with E-state index in [1.54, 1.807) is 13.0 Å². The minimum atomic E-state index is -0.401. The second-order valence-electron chi connectivity index (χ2n) is 9.89. The average molecular weight is 421 g/mol. The van der Waals surface area contributed by atoms with Gasteiger partial charge in [-0.2, -0.15) is 0 Å². The van der Waals surface area contributed by atoms with Crippen LogP contribution in [0.15, 0.2) is 11.6 Å². The standard InChI is InChI=1S/C23H32O5S/c1-13(26)29-20-10-14-9-15(27)5-8-23(14,12-25)18-6-7-22(2)16(19(28)11-24)3-4-17(22)21(18)20/h9,16-18,20-21,24-25H,3-8,10-12H2,1-2H3/t16-,17+,18+,20-,21+,22-,23-/m1/s1. The zero-order valence-electron chi connectivity index (χ0n) is 17.4. The summed E-state index contributed by atoms with van der Waals surface area (Å²) in [6.45, 7) is 3.45. The molecule has 29 heavy (non-hydrogen) atoms. The molecule has 2 N–H and O–H groups in total. The third kappa shape index (κ3) is 3.17. The molecule has 0 amide bonds. The van der Waals surface area contributed by atoms with Gasteiger partial charge in [-0.15, -0.1) is 0 Å². The SMILES string of the molecule is CC(=O)S[C@@H]1CC2=CC(=O)CC[C@]2(CO)[C@H]2CC[C@]3(C)[C@@H](C(=O)CO)CC[C@H]3[C@H]12. The minimum Gasteiger partial charge on any atom is -0.395 e. The molecule has 0 radical (unpaired) electrons. The first-order valence-electron chi connectivity index (χ1n) is 10.9. The van der Waals surface area contributed by atoms with Gasteiger partial charge in [0.05, 0.1) is 6.61 Å². The van der Waals surface area contributed by atoms with E-state index in [9.17, 15) is 24.6 Å². The maximum Gasteiger partial charge on any atom is 0.186 e. The van der Waals surface area contributed by atoms with Gasteiger partial charge in [-0.25, -0.2) is 0 Å². The largest absolute Gasteiger partial charge is 0.395 e. The highest BCUT2D eigenvalue weighted by Crippen LogP contribution is 2.68. The van der Waals surface area contributed by atoms with Crippen LogP contribution in [0.4, 0.5) is 0 Å². The van der Waals surface area contributed by atoms with Crippen LogP contribution in [0.5, 0.6) is 0 Å². The van der Waals surface area contributed by atoms with E-state index in [2.05, 4.69) is 6.92 Å². The highest BCUT2D eigenvalue weighted by molar-refractivity contribution is 8.14.